The highest BCUT2D eigenvalue weighted by Crippen LogP contribution is 2.29. The summed E-state index contributed by atoms with van der Waals surface area (Å²) in [7, 11) is 1.80. The number of carbonyl (C=O) groups is 3. The lowest BCUT2D eigenvalue weighted by molar-refractivity contribution is -0.141. The molecule has 2 amide bonds. The summed E-state index contributed by atoms with van der Waals surface area (Å²) in [4.78, 5) is 43.7. The number of likely N-dealkylation sites (N-methyl/N-ethyl adjacent to an activating group) is 1. The van der Waals surface area contributed by atoms with Crippen LogP contribution in [0.1, 0.15) is 92.9 Å². The fourth-order valence-corrected chi connectivity index (χ4v) is 5.64. The molecule has 2 fully saturated rings. The number of nitrogens with one attached hydrogen (secondary N) is 1. The summed E-state index contributed by atoms with van der Waals surface area (Å²) < 4.78 is 5.14. The zero-order chi connectivity index (χ0) is 26.1. The molecule has 1 aliphatic carbocycles. The molecule has 1 heterocycles. The van der Waals surface area contributed by atoms with Crippen LogP contribution in [-0.2, 0) is 19.1 Å². The maximum atomic E-state index is 14.0. The Balaban J connectivity index is 2.28. The minimum atomic E-state index is -0.540. The van der Waals surface area contributed by atoms with Crippen molar-refractivity contribution in [1.82, 2.24) is 15.1 Å². The third-order valence-electron chi connectivity index (χ3n) is 7.69. The molecule has 3 atom stereocenters. The van der Waals surface area contributed by atoms with Gasteiger partial charge in [0.2, 0.25) is 11.8 Å². The summed E-state index contributed by atoms with van der Waals surface area (Å²) in [6, 6.07) is -0.698. The van der Waals surface area contributed by atoms with Gasteiger partial charge in [-0.2, -0.15) is 0 Å². The van der Waals surface area contributed by atoms with Gasteiger partial charge in [0.25, 0.3) is 0 Å². The molecule has 2 aliphatic rings. The van der Waals surface area contributed by atoms with E-state index in [2.05, 4.69) is 24.1 Å². The van der Waals surface area contributed by atoms with Crippen LogP contribution in [0.15, 0.2) is 11.6 Å². The van der Waals surface area contributed by atoms with Gasteiger partial charge in [0.05, 0.1) is 18.7 Å². The van der Waals surface area contributed by atoms with Crippen LogP contribution in [0.4, 0.5) is 0 Å². The first-order valence-electron chi connectivity index (χ1n) is 13.8. The van der Waals surface area contributed by atoms with Crippen molar-refractivity contribution >= 4 is 17.8 Å². The standard InChI is InChI=1S/C28H49N3O4/c1-8-35-28(34)21(6)18-24(19(2)3)30(7)27(33)25(22-14-10-9-11-15-22)29-26(32)23-16-12-13-17-31(23)20(4)5/h18-20,22-25H,8-17H2,1-7H3,(H,29,32)/b21-18+/t23?,24-,25-/m1/s1. The van der Waals surface area contributed by atoms with E-state index in [-0.39, 0.29) is 41.7 Å². The highest BCUT2D eigenvalue weighted by atomic mass is 16.5. The SMILES string of the molecule is CCOC(=O)/C(C)=C/[C@H](C(C)C)N(C)C(=O)[C@H](NC(=O)C1CCCCN1C(C)C)C1CCCCC1. The highest BCUT2D eigenvalue weighted by Gasteiger charge is 2.38. The third kappa shape index (κ3) is 8.06. The van der Waals surface area contributed by atoms with E-state index < -0.39 is 6.04 Å². The van der Waals surface area contributed by atoms with Crippen molar-refractivity contribution in [2.75, 3.05) is 20.2 Å². The van der Waals surface area contributed by atoms with E-state index >= 15 is 0 Å². The second-order valence-electron chi connectivity index (χ2n) is 11.0. The van der Waals surface area contributed by atoms with Crippen LogP contribution in [-0.4, -0.2) is 72.0 Å². The molecule has 0 aromatic rings. The lowest BCUT2D eigenvalue weighted by atomic mass is 9.82. The zero-order valence-electron chi connectivity index (χ0n) is 23.1. The summed E-state index contributed by atoms with van der Waals surface area (Å²) >= 11 is 0. The highest BCUT2D eigenvalue weighted by molar-refractivity contribution is 5.91. The number of hydrogen-bond acceptors (Lipinski definition) is 5. The molecule has 1 saturated carbocycles. The Labute approximate surface area is 213 Å². The molecular weight excluding hydrogens is 442 g/mol. The van der Waals surface area contributed by atoms with Crippen molar-refractivity contribution in [3.05, 3.63) is 11.6 Å². The Morgan fingerprint density at radius 3 is 2.23 bits per heavy atom. The number of carbonyl (C=O) groups excluding carboxylic acids is 3. The number of ether oxygens (including phenoxy) is 1. The molecule has 0 radical (unpaired) electrons. The first-order valence-corrected chi connectivity index (χ1v) is 13.8. The van der Waals surface area contributed by atoms with E-state index in [1.54, 1.807) is 25.8 Å². The smallest absolute Gasteiger partial charge is 0.333 e. The molecule has 1 unspecified atom stereocenters. The molecule has 2 rings (SSSR count). The van der Waals surface area contributed by atoms with E-state index in [0.29, 0.717) is 18.2 Å². The number of hydrogen-bond donors (Lipinski definition) is 1. The van der Waals surface area contributed by atoms with Gasteiger partial charge in [-0.05, 0) is 71.8 Å². The molecule has 1 saturated heterocycles. The fourth-order valence-electron chi connectivity index (χ4n) is 5.64. The van der Waals surface area contributed by atoms with Gasteiger partial charge in [-0.25, -0.2) is 4.79 Å². The first-order chi connectivity index (χ1) is 16.6. The van der Waals surface area contributed by atoms with E-state index in [0.717, 1.165) is 51.5 Å². The van der Waals surface area contributed by atoms with E-state index in [1.807, 2.05) is 19.9 Å². The van der Waals surface area contributed by atoms with Gasteiger partial charge in [0, 0.05) is 18.7 Å². The first kappa shape index (κ1) is 29.3. The number of likely N-dealkylation sites (tertiary alicyclic amines) is 1. The molecule has 0 bridgehead atoms. The van der Waals surface area contributed by atoms with Crippen LogP contribution in [0.25, 0.3) is 0 Å². The molecule has 1 aliphatic heterocycles. The van der Waals surface area contributed by atoms with Crippen molar-refractivity contribution in [2.24, 2.45) is 11.8 Å². The van der Waals surface area contributed by atoms with Crippen LogP contribution < -0.4 is 5.32 Å². The summed E-state index contributed by atoms with van der Waals surface area (Å²) in [5, 5.41) is 3.23. The van der Waals surface area contributed by atoms with E-state index in [4.69, 9.17) is 4.74 Å². The van der Waals surface area contributed by atoms with Crippen molar-refractivity contribution in [2.45, 2.75) is 117 Å². The molecule has 1 N–H and O–H groups in total. The molecular formula is C28H49N3O4. The summed E-state index contributed by atoms with van der Waals surface area (Å²) in [5.41, 5.74) is 0.498. The normalized spacial score (nSPS) is 22.1. The minimum absolute atomic E-state index is 0.0185. The largest absolute Gasteiger partial charge is 0.463 e. The quantitative estimate of drug-likeness (QED) is 0.364. The number of amides is 2. The summed E-state index contributed by atoms with van der Waals surface area (Å²) in [6.45, 7) is 13.1. The zero-order valence-corrected chi connectivity index (χ0v) is 23.1. The lowest BCUT2D eigenvalue weighted by Crippen LogP contribution is -2.59. The third-order valence-corrected chi connectivity index (χ3v) is 7.69. The van der Waals surface area contributed by atoms with Crippen LogP contribution in [0.5, 0.6) is 0 Å². The maximum Gasteiger partial charge on any atom is 0.333 e. The van der Waals surface area contributed by atoms with Crippen LogP contribution in [0.3, 0.4) is 0 Å². The second kappa shape index (κ2) is 14.0. The predicted octanol–water partition coefficient (Wildman–Crippen LogP) is 4.31. The minimum Gasteiger partial charge on any atom is -0.463 e. The molecule has 200 valence electrons. The van der Waals surface area contributed by atoms with Crippen molar-refractivity contribution < 1.29 is 19.1 Å². The maximum absolute atomic E-state index is 14.0. The van der Waals surface area contributed by atoms with Gasteiger partial charge in [0.15, 0.2) is 0 Å². The molecule has 0 aromatic heterocycles. The van der Waals surface area contributed by atoms with E-state index in [1.165, 1.54) is 6.42 Å². The topological polar surface area (TPSA) is 79.0 Å². The molecule has 7 nitrogen and oxygen atoms in total. The fraction of sp³-hybridized carbons (Fsp3) is 0.821. The summed E-state index contributed by atoms with van der Waals surface area (Å²) in [6.07, 6.45) is 10.1. The van der Waals surface area contributed by atoms with Crippen LogP contribution >= 0.6 is 0 Å². The number of piperidine rings is 1. The molecule has 0 spiro atoms. The van der Waals surface area contributed by atoms with Crippen molar-refractivity contribution in [3.8, 4) is 0 Å². The van der Waals surface area contributed by atoms with Crippen LogP contribution in [0.2, 0.25) is 0 Å². The average molecular weight is 492 g/mol. The molecule has 0 aromatic carbocycles. The van der Waals surface area contributed by atoms with Gasteiger partial charge in [-0.3, -0.25) is 14.5 Å². The summed E-state index contributed by atoms with van der Waals surface area (Å²) in [5.74, 6) is -0.200. The van der Waals surface area contributed by atoms with Gasteiger partial charge >= 0.3 is 5.97 Å². The number of esters is 1. The Hall–Kier alpha value is -1.89. The van der Waals surface area contributed by atoms with Crippen LogP contribution in [0, 0.1) is 11.8 Å². The monoisotopic (exact) mass is 491 g/mol. The van der Waals surface area contributed by atoms with E-state index in [9.17, 15) is 14.4 Å². The van der Waals surface area contributed by atoms with Gasteiger partial charge in [-0.15, -0.1) is 0 Å². The van der Waals surface area contributed by atoms with Gasteiger partial charge < -0.3 is 15.0 Å². The Morgan fingerprint density at radius 1 is 1.03 bits per heavy atom. The number of rotatable bonds is 10. The number of nitrogens with zero attached hydrogens (tertiary/aromatic N) is 2. The predicted molar refractivity (Wildman–Crippen MR) is 140 cm³/mol. The van der Waals surface area contributed by atoms with Crippen molar-refractivity contribution in [1.29, 1.82) is 0 Å². The second-order valence-corrected chi connectivity index (χ2v) is 11.0. The lowest BCUT2D eigenvalue weighted by Gasteiger charge is -2.40. The molecule has 35 heavy (non-hydrogen) atoms. The average Bonchev–Trinajstić information content (AvgIpc) is 2.85. The Bertz CT molecular complexity index is 742. The Kier molecular flexibility index (Phi) is 11.7. The Morgan fingerprint density at radius 2 is 1.66 bits per heavy atom. The van der Waals surface area contributed by atoms with Gasteiger partial charge in [0.1, 0.15) is 6.04 Å². The van der Waals surface area contributed by atoms with Gasteiger partial charge in [-0.1, -0.05) is 45.6 Å². The molecule has 7 heteroatoms. The van der Waals surface area contributed by atoms with Crippen molar-refractivity contribution in [3.63, 3.8) is 0 Å².